The Morgan fingerprint density at radius 1 is 1.28 bits per heavy atom. The van der Waals surface area contributed by atoms with E-state index in [1.165, 1.54) is 12.1 Å². The Balaban J connectivity index is 1.65. The maximum Gasteiger partial charge on any atom is 0.244 e. The van der Waals surface area contributed by atoms with Crippen molar-refractivity contribution in [2.45, 2.75) is 20.3 Å². The number of H-pyrrole nitrogens is 1. The first kappa shape index (κ1) is 16.9. The summed E-state index contributed by atoms with van der Waals surface area (Å²) in [5.41, 5.74) is 4.27. The molecule has 0 aliphatic carbocycles. The van der Waals surface area contributed by atoms with Gasteiger partial charge in [-0.25, -0.2) is 4.39 Å². The summed E-state index contributed by atoms with van der Waals surface area (Å²) >= 11 is 0. The lowest BCUT2D eigenvalue weighted by Gasteiger charge is -2.05. The number of aromatic amines is 1. The molecule has 0 fully saturated rings. The Bertz CT molecular complexity index is 929. The van der Waals surface area contributed by atoms with Gasteiger partial charge in [-0.05, 0) is 55.7 Å². The average molecular weight is 337 g/mol. The monoisotopic (exact) mass is 337 g/mol. The molecule has 2 N–H and O–H groups in total. The molecule has 1 amide bonds. The molecule has 3 rings (SSSR count). The van der Waals surface area contributed by atoms with Crippen molar-refractivity contribution < 1.29 is 9.18 Å². The number of nitrogens with zero attached hydrogens (tertiary/aromatic N) is 1. The summed E-state index contributed by atoms with van der Waals surface area (Å²) in [5.74, 6) is -0.427. The van der Waals surface area contributed by atoms with Crippen LogP contribution in [-0.4, -0.2) is 22.4 Å². The molecule has 5 heteroatoms. The molecule has 25 heavy (non-hydrogen) atoms. The second-order valence-electron chi connectivity index (χ2n) is 5.97. The van der Waals surface area contributed by atoms with E-state index >= 15 is 0 Å². The lowest BCUT2D eigenvalue weighted by Crippen LogP contribution is -2.23. The van der Waals surface area contributed by atoms with Crippen LogP contribution in [0.2, 0.25) is 0 Å². The van der Waals surface area contributed by atoms with Gasteiger partial charge in [-0.2, -0.15) is 0 Å². The van der Waals surface area contributed by atoms with Gasteiger partial charge in [-0.1, -0.05) is 12.1 Å². The van der Waals surface area contributed by atoms with Crippen molar-refractivity contribution in [1.82, 2.24) is 15.3 Å². The summed E-state index contributed by atoms with van der Waals surface area (Å²) in [6.07, 6.45) is 5.46. The van der Waals surface area contributed by atoms with Crippen LogP contribution in [0.25, 0.3) is 17.0 Å². The second-order valence-corrected chi connectivity index (χ2v) is 5.97. The number of fused-ring (bicyclic) bond motifs is 1. The van der Waals surface area contributed by atoms with Crippen molar-refractivity contribution in [3.63, 3.8) is 0 Å². The molecule has 1 aromatic carbocycles. The predicted octanol–water partition coefficient (Wildman–Crippen LogP) is 3.69. The molecule has 0 spiro atoms. The number of pyridine rings is 1. The molecule has 0 saturated heterocycles. The lowest BCUT2D eigenvalue weighted by molar-refractivity contribution is -0.116. The Morgan fingerprint density at radius 3 is 2.88 bits per heavy atom. The summed E-state index contributed by atoms with van der Waals surface area (Å²) in [6, 6.07) is 8.78. The van der Waals surface area contributed by atoms with Crippen LogP contribution in [-0.2, 0) is 11.2 Å². The van der Waals surface area contributed by atoms with Gasteiger partial charge in [-0.3, -0.25) is 9.78 Å². The number of hydrogen-bond donors (Lipinski definition) is 2. The molecule has 2 aromatic heterocycles. The molecular formula is C20H20FN3O. The molecule has 0 saturated carbocycles. The number of amides is 1. The predicted molar refractivity (Wildman–Crippen MR) is 97.7 cm³/mol. The van der Waals surface area contributed by atoms with Gasteiger partial charge < -0.3 is 10.3 Å². The topological polar surface area (TPSA) is 57.8 Å². The van der Waals surface area contributed by atoms with Crippen molar-refractivity contribution in [2.24, 2.45) is 0 Å². The molecule has 2 heterocycles. The number of halogens is 1. The number of aromatic nitrogens is 2. The van der Waals surface area contributed by atoms with Gasteiger partial charge >= 0.3 is 0 Å². The minimum absolute atomic E-state index is 0.175. The summed E-state index contributed by atoms with van der Waals surface area (Å²) in [7, 11) is 0. The van der Waals surface area contributed by atoms with E-state index in [1.807, 2.05) is 32.0 Å². The third-order valence-corrected chi connectivity index (χ3v) is 4.20. The van der Waals surface area contributed by atoms with E-state index in [0.29, 0.717) is 18.5 Å². The maximum absolute atomic E-state index is 14.0. The van der Waals surface area contributed by atoms with Gasteiger partial charge in [0.25, 0.3) is 0 Å². The highest BCUT2D eigenvalue weighted by Crippen LogP contribution is 2.27. The Kier molecular flexibility index (Phi) is 4.93. The number of aryl methyl sites for hydroxylation is 2. The van der Waals surface area contributed by atoms with E-state index in [0.717, 1.165) is 27.9 Å². The van der Waals surface area contributed by atoms with Gasteiger partial charge in [-0.15, -0.1) is 0 Å². The van der Waals surface area contributed by atoms with Gasteiger partial charge in [0.1, 0.15) is 5.82 Å². The van der Waals surface area contributed by atoms with Gasteiger partial charge in [0.15, 0.2) is 0 Å². The summed E-state index contributed by atoms with van der Waals surface area (Å²) in [6.45, 7) is 4.37. The van der Waals surface area contributed by atoms with Gasteiger partial charge in [0.05, 0.1) is 11.2 Å². The van der Waals surface area contributed by atoms with E-state index in [9.17, 15) is 9.18 Å². The fourth-order valence-corrected chi connectivity index (χ4v) is 2.96. The molecule has 0 aliphatic heterocycles. The standard InChI is InChI=1S/C20H20FN3O/c1-13-6-8-17(21)20-19(13)16(14(2)24-20)10-12-23-18(25)9-7-15-5-3-4-11-22-15/h3-9,11,24H,10,12H2,1-2H3,(H,23,25). The fourth-order valence-electron chi connectivity index (χ4n) is 2.96. The Labute approximate surface area is 145 Å². The van der Waals surface area contributed by atoms with Crippen molar-refractivity contribution in [1.29, 1.82) is 0 Å². The van der Waals surface area contributed by atoms with E-state index in [2.05, 4.69) is 15.3 Å². The first-order chi connectivity index (χ1) is 12.1. The minimum Gasteiger partial charge on any atom is -0.356 e. The third-order valence-electron chi connectivity index (χ3n) is 4.20. The van der Waals surface area contributed by atoms with Crippen LogP contribution < -0.4 is 5.32 Å². The molecular weight excluding hydrogens is 317 g/mol. The fraction of sp³-hybridized carbons (Fsp3) is 0.200. The molecule has 0 aliphatic rings. The number of hydrogen-bond acceptors (Lipinski definition) is 2. The molecule has 128 valence electrons. The highest BCUT2D eigenvalue weighted by molar-refractivity contribution is 5.91. The molecule has 0 radical (unpaired) electrons. The van der Waals surface area contributed by atoms with Crippen LogP contribution >= 0.6 is 0 Å². The molecule has 4 nitrogen and oxygen atoms in total. The van der Waals surface area contributed by atoms with E-state index in [4.69, 9.17) is 0 Å². The summed E-state index contributed by atoms with van der Waals surface area (Å²) in [5, 5.41) is 3.77. The zero-order valence-electron chi connectivity index (χ0n) is 14.3. The smallest absolute Gasteiger partial charge is 0.244 e. The minimum atomic E-state index is -0.253. The van der Waals surface area contributed by atoms with Gasteiger partial charge in [0, 0.05) is 29.9 Å². The first-order valence-electron chi connectivity index (χ1n) is 8.19. The van der Waals surface area contributed by atoms with Crippen molar-refractivity contribution >= 4 is 22.9 Å². The van der Waals surface area contributed by atoms with Crippen LogP contribution in [0.3, 0.4) is 0 Å². The largest absolute Gasteiger partial charge is 0.356 e. The van der Waals surface area contributed by atoms with Crippen LogP contribution in [0.5, 0.6) is 0 Å². The van der Waals surface area contributed by atoms with Crippen LogP contribution in [0.15, 0.2) is 42.6 Å². The number of nitrogens with one attached hydrogen (secondary N) is 2. The molecule has 0 bridgehead atoms. The van der Waals surface area contributed by atoms with Crippen molar-refractivity contribution in [3.8, 4) is 0 Å². The summed E-state index contributed by atoms with van der Waals surface area (Å²) < 4.78 is 14.0. The zero-order chi connectivity index (χ0) is 17.8. The SMILES string of the molecule is Cc1[nH]c2c(F)ccc(C)c2c1CCNC(=O)C=Cc1ccccn1. The number of benzene rings is 1. The number of rotatable bonds is 5. The van der Waals surface area contributed by atoms with Crippen LogP contribution in [0.4, 0.5) is 4.39 Å². The third kappa shape index (κ3) is 3.76. The van der Waals surface area contributed by atoms with Crippen molar-refractivity contribution in [2.75, 3.05) is 6.54 Å². The Hall–Kier alpha value is -2.95. The zero-order valence-corrected chi connectivity index (χ0v) is 14.3. The average Bonchev–Trinajstić information content (AvgIpc) is 2.95. The molecule has 0 atom stereocenters. The van der Waals surface area contributed by atoms with E-state index in [-0.39, 0.29) is 11.7 Å². The first-order valence-corrected chi connectivity index (χ1v) is 8.19. The normalized spacial score (nSPS) is 11.3. The highest BCUT2D eigenvalue weighted by atomic mass is 19.1. The molecule has 0 unspecified atom stereocenters. The van der Waals surface area contributed by atoms with E-state index < -0.39 is 0 Å². The molecule has 3 aromatic rings. The van der Waals surface area contributed by atoms with E-state index in [1.54, 1.807) is 18.3 Å². The number of carbonyl (C=O) groups is 1. The van der Waals surface area contributed by atoms with Gasteiger partial charge in [0.2, 0.25) is 5.91 Å². The van der Waals surface area contributed by atoms with Crippen LogP contribution in [0.1, 0.15) is 22.5 Å². The second kappa shape index (κ2) is 7.30. The highest BCUT2D eigenvalue weighted by Gasteiger charge is 2.13. The number of carbonyl (C=O) groups excluding carboxylic acids is 1. The maximum atomic E-state index is 14.0. The van der Waals surface area contributed by atoms with Crippen molar-refractivity contribution in [3.05, 3.63) is 70.9 Å². The quantitative estimate of drug-likeness (QED) is 0.698. The lowest BCUT2D eigenvalue weighted by atomic mass is 10.0. The summed E-state index contributed by atoms with van der Waals surface area (Å²) in [4.78, 5) is 19.2. The Morgan fingerprint density at radius 2 is 2.12 bits per heavy atom. The van der Waals surface area contributed by atoms with Crippen LogP contribution in [0, 0.1) is 19.7 Å².